The molecule has 2 aromatic carbocycles. The molecular weight excluding hydrogens is 518 g/mol. The van der Waals surface area contributed by atoms with Gasteiger partial charge in [0.15, 0.2) is 0 Å². The smallest absolute Gasteiger partial charge is 0.254 e. The molecule has 39 heavy (non-hydrogen) atoms. The summed E-state index contributed by atoms with van der Waals surface area (Å²) in [5, 5.41) is 11.9. The van der Waals surface area contributed by atoms with Gasteiger partial charge in [-0.15, -0.1) is 0 Å². The van der Waals surface area contributed by atoms with Gasteiger partial charge < -0.3 is 20.1 Å². The number of carbonyl (C=O) groups is 3. The van der Waals surface area contributed by atoms with Crippen molar-refractivity contribution >= 4 is 47.1 Å². The number of nitrogens with zero attached hydrogens (tertiary/aromatic N) is 4. The lowest BCUT2D eigenvalue weighted by atomic mass is 10.1. The lowest BCUT2D eigenvalue weighted by molar-refractivity contribution is -0.141. The summed E-state index contributed by atoms with van der Waals surface area (Å²) >= 11 is 1.71. The first-order valence-corrected chi connectivity index (χ1v) is 13.8. The number of fused-ring (bicyclic) bond motifs is 2. The molecule has 11 heteroatoms. The van der Waals surface area contributed by atoms with Crippen LogP contribution in [-0.4, -0.2) is 104 Å². The van der Waals surface area contributed by atoms with Crippen molar-refractivity contribution in [3.8, 4) is 0 Å². The van der Waals surface area contributed by atoms with E-state index in [2.05, 4.69) is 39.4 Å². The van der Waals surface area contributed by atoms with Crippen molar-refractivity contribution in [1.29, 1.82) is 0 Å². The predicted molar refractivity (Wildman–Crippen MR) is 149 cm³/mol. The van der Waals surface area contributed by atoms with E-state index in [1.54, 1.807) is 11.8 Å². The Kier molecular flexibility index (Phi) is 8.72. The average molecular weight is 550 g/mol. The fourth-order valence-electron chi connectivity index (χ4n) is 4.90. The van der Waals surface area contributed by atoms with Crippen molar-refractivity contribution in [3.05, 3.63) is 60.2 Å². The molecule has 5 rings (SSSR count). The summed E-state index contributed by atoms with van der Waals surface area (Å²) in [5.41, 5.74) is 3.10. The third-order valence-electron chi connectivity index (χ3n) is 6.90. The fraction of sp³-hybridized carbons (Fsp3) is 0.357. The van der Waals surface area contributed by atoms with E-state index >= 15 is 0 Å². The summed E-state index contributed by atoms with van der Waals surface area (Å²) in [6.45, 7) is 3.62. The minimum atomic E-state index is -0.479. The number of para-hydroxylation sites is 1. The number of amides is 3. The zero-order valence-electron chi connectivity index (χ0n) is 21.5. The van der Waals surface area contributed by atoms with Gasteiger partial charge in [-0.3, -0.25) is 29.2 Å². The van der Waals surface area contributed by atoms with Crippen molar-refractivity contribution in [2.75, 3.05) is 64.0 Å². The van der Waals surface area contributed by atoms with Crippen molar-refractivity contribution in [3.63, 3.8) is 0 Å². The van der Waals surface area contributed by atoms with Gasteiger partial charge >= 0.3 is 0 Å². The van der Waals surface area contributed by atoms with Crippen LogP contribution in [0.1, 0.15) is 5.56 Å². The van der Waals surface area contributed by atoms with Gasteiger partial charge in [-0.25, -0.2) is 0 Å². The molecule has 1 saturated heterocycles. The molecule has 0 spiro atoms. The van der Waals surface area contributed by atoms with Crippen LogP contribution in [0.25, 0.3) is 0 Å². The van der Waals surface area contributed by atoms with Gasteiger partial charge in [-0.2, -0.15) is 0 Å². The maximum absolute atomic E-state index is 12.6. The number of aliphatic hydroxyl groups excluding tert-OH is 1. The molecule has 0 radical (unpaired) electrons. The van der Waals surface area contributed by atoms with Crippen molar-refractivity contribution < 1.29 is 24.2 Å². The number of carbonyl (C=O) groups excluding carboxylic acids is 3. The lowest BCUT2D eigenvalue weighted by Crippen LogP contribution is -2.58. The Morgan fingerprint density at radius 2 is 1.85 bits per heavy atom. The van der Waals surface area contributed by atoms with Crippen LogP contribution >= 0.6 is 11.8 Å². The van der Waals surface area contributed by atoms with Crippen molar-refractivity contribution in [1.82, 2.24) is 15.1 Å². The van der Waals surface area contributed by atoms with E-state index in [0.717, 1.165) is 44.7 Å². The summed E-state index contributed by atoms with van der Waals surface area (Å²) < 4.78 is 5.50. The number of benzene rings is 2. The van der Waals surface area contributed by atoms with E-state index in [1.807, 2.05) is 24.4 Å². The number of nitrogens with one attached hydrogen (secondary N) is 1. The molecule has 3 aliphatic heterocycles. The van der Waals surface area contributed by atoms with Crippen LogP contribution in [0.2, 0.25) is 0 Å². The molecule has 2 N–H and O–H groups in total. The van der Waals surface area contributed by atoms with Gasteiger partial charge in [0.1, 0.15) is 6.54 Å². The van der Waals surface area contributed by atoms with E-state index in [1.165, 1.54) is 12.2 Å². The van der Waals surface area contributed by atoms with Crippen LogP contribution in [0.3, 0.4) is 0 Å². The third-order valence-corrected chi connectivity index (χ3v) is 8.04. The first-order chi connectivity index (χ1) is 19.0. The molecular formula is C28H31N5O5S. The number of anilines is 1. The molecule has 2 aromatic rings. The normalized spacial score (nSPS) is 18.7. The molecule has 0 bridgehead atoms. The fourth-order valence-corrected chi connectivity index (χ4v) is 5.92. The first-order valence-electron chi connectivity index (χ1n) is 13.0. The Bertz CT molecular complexity index is 1280. The quantitative estimate of drug-likeness (QED) is 0.289. The Morgan fingerprint density at radius 1 is 1.05 bits per heavy atom. The Morgan fingerprint density at radius 3 is 2.67 bits per heavy atom. The second kappa shape index (κ2) is 12.6. The number of imide groups is 1. The van der Waals surface area contributed by atoms with Crippen LogP contribution in [0.4, 0.5) is 11.4 Å². The van der Waals surface area contributed by atoms with E-state index in [-0.39, 0.29) is 31.7 Å². The Labute approximate surface area is 231 Å². The van der Waals surface area contributed by atoms with Crippen LogP contribution in [0.15, 0.2) is 69.4 Å². The number of hydrogen-bond acceptors (Lipinski definition) is 9. The third kappa shape index (κ3) is 6.39. The molecule has 3 amide bonds. The summed E-state index contributed by atoms with van der Waals surface area (Å²) in [6.07, 6.45) is 4.28. The van der Waals surface area contributed by atoms with Crippen molar-refractivity contribution in [2.45, 2.75) is 15.8 Å². The van der Waals surface area contributed by atoms with E-state index in [4.69, 9.17) is 14.8 Å². The molecule has 1 unspecified atom stereocenters. The Hall–Kier alpha value is -3.51. The number of piperazine rings is 1. The molecule has 204 valence electrons. The van der Waals surface area contributed by atoms with Gasteiger partial charge in [0.2, 0.25) is 5.91 Å². The molecule has 3 aliphatic rings. The van der Waals surface area contributed by atoms with Gasteiger partial charge in [-0.1, -0.05) is 30.0 Å². The molecule has 10 nitrogen and oxygen atoms in total. The maximum Gasteiger partial charge on any atom is 0.254 e. The van der Waals surface area contributed by atoms with Crippen molar-refractivity contribution in [2.24, 2.45) is 4.99 Å². The van der Waals surface area contributed by atoms with Gasteiger partial charge in [0, 0.05) is 78.2 Å². The summed E-state index contributed by atoms with van der Waals surface area (Å²) in [5.74, 6) is -1.34. The molecule has 1 fully saturated rings. The predicted octanol–water partition coefficient (Wildman–Crippen LogP) is 1.44. The maximum atomic E-state index is 12.6. The molecule has 0 saturated carbocycles. The second-order valence-corrected chi connectivity index (χ2v) is 10.5. The van der Waals surface area contributed by atoms with E-state index < -0.39 is 11.8 Å². The van der Waals surface area contributed by atoms with Crippen LogP contribution in [-0.2, 0) is 19.1 Å². The highest BCUT2D eigenvalue weighted by molar-refractivity contribution is 7.99. The van der Waals surface area contributed by atoms with Gasteiger partial charge in [0.05, 0.1) is 25.5 Å². The number of ether oxygens (including phenoxy) is 1. The average Bonchev–Trinajstić information content (AvgIpc) is 3.14. The summed E-state index contributed by atoms with van der Waals surface area (Å²) in [4.78, 5) is 48.8. The zero-order valence-corrected chi connectivity index (χ0v) is 22.3. The van der Waals surface area contributed by atoms with Gasteiger partial charge in [-0.05, 0) is 24.3 Å². The lowest BCUT2D eigenvalue weighted by Gasteiger charge is -2.43. The van der Waals surface area contributed by atoms with E-state index in [0.29, 0.717) is 26.2 Å². The summed E-state index contributed by atoms with van der Waals surface area (Å²) in [7, 11) is 0. The number of aliphatic imine (C=N–C) groups is 1. The number of aliphatic hydroxyl groups is 1. The minimum Gasteiger partial charge on any atom is -0.394 e. The molecule has 1 atom stereocenters. The van der Waals surface area contributed by atoms with Crippen LogP contribution < -0.4 is 10.2 Å². The van der Waals surface area contributed by atoms with Gasteiger partial charge in [0.25, 0.3) is 11.8 Å². The molecule has 0 aromatic heterocycles. The zero-order chi connectivity index (χ0) is 27.2. The largest absolute Gasteiger partial charge is 0.394 e. The monoisotopic (exact) mass is 549 g/mol. The number of hydrogen-bond donors (Lipinski definition) is 2. The summed E-state index contributed by atoms with van der Waals surface area (Å²) in [6, 6.07) is 14.3. The second-order valence-electron chi connectivity index (χ2n) is 9.39. The minimum absolute atomic E-state index is 0.0292. The topological polar surface area (TPSA) is 115 Å². The SMILES string of the molecule is O=C(CN1C(=O)C=CC1=O)NCC1CN(c2cccc3c2C=Nc2ccccc2S3)CCN1CCOCCO. The van der Waals surface area contributed by atoms with Crippen LogP contribution in [0.5, 0.6) is 0 Å². The highest BCUT2D eigenvalue weighted by atomic mass is 32.2. The van der Waals surface area contributed by atoms with Crippen LogP contribution in [0, 0.1) is 0 Å². The standard InChI is InChI=1S/C28H31N5O5S/c34-13-15-38-14-12-31-10-11-32(18-20(31)16-30-26(35)19-33-27(36)8-9-28(33)37)23-5-3-7-24-21(23)17-29-22-4-1-2-6-25(22)39-24/h1-9,17,20,34H,10-16,18-19H2,(H,30,35). The number of rotatable bonds is 10. The Balaban J connectivity index is 1.29. The highest BCUT2D eigenvalue weighted by Gasteiger charge is 2.30. The molecule has 0 aliphatic carbocycles. The highest BCUT2D eigenvalue weighted by Crippen LogP contribution is 2.41. The molecule has 3 heterocycles. The van der Waals surface area contributed by atoms with E-state index in [9.17, 15) is 14.4 Å². The first kappa shape index (κ1) is 27.1.